The molecule has 0 radical (unpaired) electrons. The van der Waals surface area contributed by atoms with E-state index in [9.17, 15) is 4.79 Å². The zero-order valence-electron chi connectivity index (χ0n) is 8.18. The standard InChI is InChI=1S/C10H19NO/c1-3-6-11-7-5-10(12)9(4-2)8-11/h9H,3-8H2,1-2H3. The van der Waals surface area contributed by atoms with Crippen LogP contribution in [0.15, 0.2) is 0 Å². The second-order valence-electron chi connectivity index (χ2n) is 3.62. The summed E-state index contributed by atoms with van der Waals surface area (Å²) in [7, 11) is 0. The number of carbonyl (C=O) groups is 1. The minimum atomic E-state index is 0.324. The second kappa shape index (κ2) is 4.61. The molecule has 0 N–H and O–H groups in total. The highest BCUT2D eigenvalue weighted by Gasteiger charge is 2.24. The van der Waals surface area contributed by atoms with Gasteiger partial charge in [-0.25, -0.2) is 0 Å². The van der Waals surface area contributed by atoms with Crippen LogP contribution in [0.3, 0.4) is 0 Å². The SMILES string of the molecule is CCCN1CCC(=O)C(CC)C1. The first-order valence-electron chi connectivity index (χ1n) is 5.03. The van der Waals surface area contributed by atoms with Gasteiger partial charge < -0.3 is 4.90 Å². The summed E-state index contributed by atoms with van der Waals surface area (Å²) in [5, 5.41) is 0. The number of likely N-dealkylation sites (tertiary alicyclic amines) is 1. The van der Waals surface area contributed by atoms with Crippen molar-refractivity contribution in [1.82, 2.24) is 4.90 Å². The van der Waals surface area contributed by atoms with Crippen molar-refractivity contribution in [3.63, 3.8) is 0 Å². The molecule has 12 heavy (non-hydrogen) atoms. The minimum Gasteiger partial charge on any atom is -0.302 e. The predicted molar refractivity (Wildman–Crippen MR) is 50.1 cm³/mol. The molecule has 70 valence electrons. The summed E-state index contributed by atoms with van der Waals surface area (Å²) in [4.78, 5) is 13.8. The quantitative estimate of drug-likeness (QED) is 0.641. The van der Waals surface area contributed by atoms with Gasteiger partial charge in [-0.1, -0.05) is 13.8 Å². The van der Waals surface area contributed by atoms with Crippen LogP contribution in [0.25, 0.3) is 0 Å². The highest BCUT2D eigenvalue weighted by atomic mass is 16.1. The molecular weight excluding hydrogens is 150 g/mol. The summed E-state index contributed by atoms with van der Waals surface area (Å²) in [6, 6.07) is 0. The first-order valence-corrected chi connectivity index (χ1v) is 5.03. The van der Waals surface area contributed by atoms with Crippen LogP contribution < -0.4 is 0 Å². The molecule has 0 aromatic carbocycles. The molecule has 1 rings (SSSR count). The Morgan fingerprint density at radius 2 is 2.25 bits per heavy atom. The fourth-order valence-electron chi connectivity index (χ4n) is 1.85. The highest BCUT2D eigenvalue weighted by Crippen LogP contribution is 2.15. The van der Waals surface area contributed by atoms with Crippen molar-refractivity contribution in [1.29, 1.82) is 0 Å². The van der Waals surface area contributed by atoms with E-state index < -0.39 is 0 Å². The summed E-state index contributed by atoms with van der Waals surface area (Å²) in [5.74, 6) is 0.801. The van der Waals surface area contributed by atoms with Crippen LogP contribution in [0.2, 0.25) is 0 Å². The largest absolute Gasteiger partial charge is 0.302 e. The van der Waals surface area contributed by atoms with Crippen LogP contribution >= 0.6 is 0 Å². The fraction of sp³-hybridized carbons (Fsp3) is 0.900. The summed E-state index contributed by atoms with van der Waals surface area (Å²) < 4.78 is 0. The Bertz CT molecular complexity index is 156. The van der Waals surface area contributed by atoms with Gasteiger partial charge in [-0.05, 0) is 19.4 Å². The van der Waals surface area contributed by atoms with Gasteiger partial charge in [0.1, 0.15) is 5.78 Å². The maximum absolute atomic E-state index is 11.3. The highest BCUT2D eigenvalue weighted by molar-refractivity contribution is 5.82. The Morgan fingerprint density at radius 1 is 1.50 bits per heavy atom. The van der Waals surface area contributed by atoms with E-state index in [1.165, 1.54) is 6.42 Å². The van der Waals surface area contributed by atoms with Crippen molar-refractivity contribution >= 4 is 5.78 Å². The molecule has 0 bridgehead atoms. The van der Waals surface area contributed by atoms with Crippen molar-refractivity contribution < 1.29 is 4.79 Å². The van der Waals surface area contributed by atoms with E-state index in [1.54, 1.807) is 0 Å². The maximum Gasteiger partial charge on any atom is 0.138 e. The van der Waals surface area contributed by atoms with Gasteiger partial charge in [0.25, 0.3) is 0 Å². The average Bonchev–Trinajstić information content (AvgIpc) is 2.09. The van der Waals surface area contributed by atoms with Crippen molar-refractivity contribution in [2.75, 3.05) is 19.6 Å². The summed E-state index contributed by atoms with van der Waals surface area (Å²) in [5.41, 5.74) is 0. The number of piperidine rings is 1. The number of Topliss-reactive ketones (excluding diaryl/α,β-unsaturated/α-hetero) is 1. The Labute approximate surface area is 74.9 Å². The summed E-state index contributed by atoms with van der Waals surface area (Å²) in [6.07, 6.45) is 2.99. The van der Waals surface area contributed by atoms with E-state index in [0.717, 1.165) is 32.5 Å². The monoisotopic (exact) mass is 169 g/mol. The van der Waals surface area contributed by atoms with E-state index >= 15 is 0 Å². The van der Waals surface area contributed by atoms with Gasteiger partial charge in [-0.3, -0.25) is 4.79 Å². The first kappa shape index (κ1) is 9.72. The lowest BCUT2D eigenvalue weighted by Gasteiger charge is -2.30. The molecule has 0 aromatic rings. The van der Waals surface area contributed by atoms with Gasteiger partial charge in [-0.2, -0.15) is 0 Å². The number of hydrogen-bond acceptors (Lipinski definition) is 2. The van der Waals surface area contributed by atoms with Gasteiger partial charge in [0.05, 0.1) is 0 Å². The predicted octanol–water partition coefficient (Wildman–Crippen LogP) is 1.70. The van der Waals surface area contributed by atoms with Crippen molar-refractivity contribution in [3.05, 3.63) is 0 Å². The van der Waals surface area contributed by atoms with Gasteiger partial charge in [0.2, 0.25) is 0 Å². The Kier molecular flexibility index (Phi) is 3.73. The van der Waals surface area contributed by atoms with Gasteiger partial charge in [-0.15, -0.1) is 0 Å². The third-order valence-electron chi connectivity index (χ3n) is 2.64. The third-order valence-corrected chi connectivity index (χ3v) is 2.64. The van der Waals surface area contributed by atoms with Crippen molar-refractivity contribution in [3.8, 4) is 0 Å². The Balaban J connectivity index is 2.38. The molecule has 0 aliphatic carbocycles. The lowest BCUT2D eigenvalue weighted by Crippen LogP contribution is -2.40. The second-order valence-corrected chi connectivity index (χ2v) is 3.62. The van der Waals surface area contributed by atoms with Crippen LogP contribution in [0.4, 0.5) is 0 Å². The smallest absolute Gasteiger partial charge is 0.138 e. The normalized spacial score (nSPS) is 26.2. The molecular formula is C10H19NO. The molecule has 2 nitrogen and oxygen atoms in total. The van der Waals surface area contributed by atoms with E-state index in [2.05, 4.69) is 18.7 Å². The van der Waals surface area contributed by atoms with E-state index in [-0.39, 0.29) is 0 Å². The van der Waals surface area contributed by atoms with E-state index in [0.29, 0.717) is 11.7 Å². The summed E-state index contributed by atoms with van der Waals surface area (Å²) in [6.45, 7) is 7.45. The van der Waals surface area contributed by atoms with Crippen LogP contribution in [-0.2, 0) is 4.79 Å². The molecule has 1 heterocycles. The minimum absolute atomic E-state index is 0.324. The number of hydrogen-bond donors (Lipinski definition) is 0. The Morgan fingerprint density at radius 3 is 2.83 bits per heavy atom. The molecule has 0 amide bonds. The van der Waals surface area contributed by atoms with E-state index in [4.69, 9.17) is 0 Å². The zero-order chi connectivity index (χ0) is 8.97. The molecule has 1 aliphatic heterocycles. The molecule has 1 aliphatic rings. The molecule has 0 spiro atoms. The molecule has 0 aromatic heterocycles. The van der Waals surface area contributed by atoms with Gasteiger partial charge >= 0.3 is 0 Å². The molecule has 0 saturated carbocycles. The van der Waals surface area contributed by atoms with Crippen LogP contribution in [0.1, 0.15) is 33.1 Å². The van der Waals surface area contributed by atoms with Crippen molar-refractivity contribution in [2.45, 2.75) is 33.1 Å². The van der Waals surface area contributed by atoms with Crippen LogP contribution in [-0.4, -0.2) is 30.3 Å². The van der Waals surface area contributed by atoms with Gasteiger partial charge in [0, 0.05) is 25.4 Å². The van der Waals surface area contributed by atoms with Crippen LogP contribution in [0, 0.1) is 5.92 Å². The maximum atomic E-state index is 11.3. The number of carbonyl (C=O) groups excluding carboxylic acids is 1. The van der Waals surface area contributed by atoms with E-state index in [1.807, 2.05) is 0 Å². The molecule has 1 atom stereocenters. The lowest BCUT2D eigenvalue weighted by atomic mass is 9.94. The number of rotatable bonds is 3. The lowest BCUT2D eigenvalue weighted by molar-refractivity contribution is -0.126. The summed E-state index contributed by atoms with van der Waals surface area (Å²) >= 11 is 0. The van der Waals surface area contributed by atoms with Crippen molar-refractivity contribution in [2.24, 2.45) is 5.92 Å². The van der Waals surface area contributed by atoms with Gasteiger partial charge in [0.15, 0.2) is 0 Å². The topological polar surface area (TPSA) is 20.3 Å². The zero-order valence-corrected chi connectivity index (χ0v) is 8.18. The molecule has 1 fully saturated rings. The molecule has 1 saturated heterocycles. The van der Waals surface area contributed by atoms with Crippen LogP contribution in [0.5, 0.6) is 0 Å². The molecule has 1 unspecified atom stereocenters. The fourth-order valence-corrected chi connectivity index (χ4v) is 1.85. The number of ketones is 1. The Hall–Kier alpha value is -0.370. The molecule has 2 heteroatoms. The average molecular weight is 169 g/mol. The third kappa shape index (κ3) is 2.31. The number of nitrogens with zero attached hydrogens (tertiary/aromatic N) is 1. The first-order chi connectivity index (χ1) is 5.77.